The van der Waals surface area contributed by atoms with Crippen LogP contribution in [0.5, 0.6) is 0 Å². The van der Waals surface area contributed by atoms with E-state index in [-0.39, 0.29) is 16.8 Å². The maximum atomic E-state index is 11.4. The van der Waals surface area contributed by atoms with Crippen molar-refractivity contribution in [2.24, 2.45) is 10.8 Å². The summed E-state index contributed by atoms with van der Waals surface area (Å²) in [6.07, 6.45) is 3.85. The molecule has 15 heavy (non-hydrogen) atoms. The van der Waals surface area contributed by atoms with Gasteiger partial charge in [-0.25, -0.2) is 0 Å². The molecule has 86 valence electrons. The Morgan fingerprint density at radius 3 is 2.53 bits per heavy atom. The summed E-state index contributed by atoms with van der Waals surface area (Å²) in [5.41, 5.74) is 1.28. The molecule has 0 aromatic carbocycles. The van der Waals surface area contributed by atoms with E-state index in [9.17, 15) is 4.79 Å². The number of carbonyl (C=O) groups excluding carboxylic acids is 1. The van der Waals surface area contributed by atoms with Crippen LogP contribution in [-0.2, 0) is 9.53 Å². The summed E-state index contributed by atoms with van der Waals surface area (Å²) in [7, 11) is 1.45. The minimum atomic E-state index is -0.128. The molecular weight excluding hydrogens is 188 g/mol. The van der Waals surface area contributed by atoms with E-state index in [0.29, 0.717) is 6.42 Å². The van der Waals surface area contributed by atoms with Crippen molar-refractivity contribution >= 4 is 5.97 Å². The van der Waals surface area contributed by atoms with Crippen LogP contribution in [0.25, 0.3) is 0 Å². The van der Waals surface area contributed by atoms with E-state index < -0.39 is 0 Å². The molecule has 0 bridgehead atoms. The molecule has 0 aromatic heterocycles. The van der Waals surface area contributed by atoms with Crippen LogP contribution < -0.4 is 0 Å². The van der Waals surface area contributed by atoms with Crippen molar-refractivity contribution in [3.8, 4) is 0 Å². The van der Waals surface area contributed by atoms with Gasteiger partial charge in [-0.2, -0.15) is 0 Å². The first-order valence-corrected chi connectivity index (χ1v) is 5.58. The average molecular weight is 210 g/mol. The van der Waals surface area contributed by atoms with E-state index >= 15 is 0 Å². The smallest absolute Gasteiger partial charge is 0.306 e. The van der Waals surface area contributed by atoms with Crippen LogP contribution in [0.15, 0.2) is 12.2 Å². The summed E-state index contributed by atoms with van der Waals surface area (Å²) < 4.78 is 4.75. The van der Waals surface area contributed by atoms with Gasteiger partial charge < -0.3 is 4.74 Å². The van der Waals surface area contributed by atoms with Gasteiger partial charge in [-0.1, -0.05) is 39.3 Å². The van der Waals surface area contributed by atoms with Gasteiger partial charge in [0.05, 0.1) is 13.5 Å². The summed E-state index contributed by atoms with van der Waals surface area (Å²) in [4.78, 5) is 11.4. The highest BCUT2D eigenvalue weighted by atomic mass is 16.5. The predicted octanol–water partition coefficient (Wildman–Crippen LogP) is 3.32. The lowest BCUT2D eigenvalue weighted by atomic mass is 9.60. The number of esters is 1. The average Bonchev–Trinajstić information content (AvgIpc) is 2.14. The van der Waals surface area contributed by atoms with E-state index in [0.717, 1.165) is 6.42 Å². The molecule has 1 rings (SSSR count). The Morgan fingerprint density at radius 2 is 2.00 bits per heavy atom. The monoisotopic (exact) mass is 210 g/mol. The fourth-order valence-electron chi connectivity index (χ4n) is 2.63. The molecule has 2 heteroatoms. The second-order valence-electron chi connectivity index (χ2n) is 5.53. The Balaban J connectivity index is 2.83. The van der Waals surface area contributed by atoms with Crippen LogP contribution in [-0.4, -0.2) is 13.1 Å². The topological polar surface area (TPSA) is 26.3 Å². The van der Waals surface area contributed by atoms with Gasteiger partial charge in [0.15, 0.2) is 0 Å². The molecule has 1 saturated carbocycles. The Kier molecular flexibility index (Phi) is 3.27. The first kappa shape index (κ1) is 12.3. The second-order valence-corrected chi connectivity index (χ2v) is 5.53. The number of rotatable bonds is 2. The summed E-state index contributed by atoms with van der Waals surface area (Å²) in [6, 6.07) is 0. The lowest BCUT2D eigenvalue weighted by Crippen LogP contribution is -2.35. The highest BCUT2D eigenvalue weighted by molar-refractivity contribution is 5.70. The molecule has 0 spiro atoms. The van der Waals surface area contributed by atoms with Crippen molar-refractivity contribution in [2.45, 2.75) is 46.5 Å². The molecule has 0 heterocycles. The van der Waals surface area contributed by atoms with Crippen molar-refractivity contribution in [1.29, 1.82) is 0 Å². The third-order valence-corrected chi connectivity index (χ3v) is 3.84. The summed E-state index contributed by atoms with van der Waals surface area (Å²) in [5, 5.41) is 0. The van der Waals surface area contributed by atoms with E-state index in [1.54, 1.807) is 0 Å². The van der Waals surface area contributed by atoms with Crippen molar-refractivity contribution in [3.63, 3.8) is 0 Å². The highest BCUT2D eigenvalue weighted by Gasteiger charge is 2.41. The fraction of sp³-hybridized carbons (Fsp3) is 0.769. The molecule has 1 fully saturated rings. The Morgan fingerprint density at radius 1 is 1.40 bits per heavy atom. The third-order valence-electron chi connectivity index (χ3n) is 3.84. The zero-order valence-electron chi connectivity index (χ0n) is 10.4. The Hall–Kier alpha value is -0.790. The van der Waals surface area contributed by atoms with Gasteiger partial charge >= 0.3 is 5.97 Å². The van der Waals surface area contributed by atoms with Crippen LogP contribution in [0.2, 0.25) is 0 Å². The van der Waals surface area contributed by atoms with E-state index in [1.165, 1.54) is 25.5 Å². The van der Waals surface area contributed by atoms with E-state index in [1.807, 2.05) is 0 Å². The highest BCUT2D eigenvalue weighted by Crippen LogP contribution is 2.51. The molecule has 1 atom stereocenters. The van der Waals surface area contributed by atoms with E-state index in [4.69, 9.17) is 4.74 Å². The molecule has 2 nitrogen and oxygen atoms in total. The first-order chi connectivity index (χ1) is 6.82. The van der Waals surface area contributed by atoms with Gasteiger partial charge in [-0.05, 0) is 23.7 Å². The largest absolute Gasteiger partial charge is 0.469 e. The van der Waals surface area contributed by atoms with Gasteiger partial charge in [0.2, 0.25) is 0 Å². The Bertz CT molecular complexity index is 278. The van der Waals surface area contributed by atoms with Crippen LogP contribution in [0.4, 0.5) is 0 Å². The van der Waals surface area contributed by atoms with Crippen LogP contribution in [0, 0.1) is 10.8 Å². The molecular formula is C13H22O2. The standard InChI is InChI=1S/C13H22O2/c1-10-12(2,3)7-6-8-13(10,4)9-11(14)15-5/h1,6-9H2,2-5H3. The van der Waals surface area contributed by atoms with Gasteiger partial charge in [0.1, 0.15) is 0 Å². The van der Waals surface area contributed by atoms with Gasteiger partial charge in [0, 0.05) is 0 Å². The molecule has 1 aliphatic rings. The van der Waals surface area contributed by atoms with Crippen molar-refractivity contribution in [3.05, 3.63) is 12.2 Å². The zero-order chi connectivity index (χ0) is 11.7. The van der Waals surface area contributed by atoms with Crippen LogP contribution in [0.1, 0.15) is 46.5 Å². The molecule has 0 aliphatic heterocycles. The summed E-state index contributed by atoms with van der Waals surface area (Å²) >= 11 is 0. The molecule has 0 radical (unpaired) electrons. The van der Waals surface area contributed by atoms with Crippen LogP contribution in [0.3, 0.4) is 0 Å². The van der Waals surface area contributed by atoms with Gasteiger partial charge in [0.25, 0.3) is 0 Å². The molecule has 0 amide bonds. The van der Waals surface area contributed by atoms with Crippen LogP contribution >= 0.6 is 0 Å². The van der Waals surface area contributed by atoms with Crippen molar-refractivity contribution in [2.75, 3.05) is 7.11 Å². The quantitative estimate of drug-likeness (QED) is 0.516. The minimum Gasteiger partial charge on any atom is -0.469 e. The number of hydrogen-bond donors (Lipinski definition) is 0. The second kappa shape index (κ2) is 3.99. The van der Waals surface area contributed by atoms with Crippen molar-refractivity contribution in [1.82, 2.24) is 0 Å². The van der Waals surface area contributed by atoms with Crippen molar-refractivity contribution < 1.29 is 9.53 Å². The maximum Gasteiger partial charge on any atom is 0.306 e. The SMILES string of the molecule is C=C1C(C)(C)CCCC1(C)CC(=O)OC. The summed E-state index contributed by atoms with van der Waals surface area (Å²) in [6.45, 7) is 10.8. The normalized spacial score (nSPS) is 30.0. The first-order valence-electron chi connectivity index (χ1n) is 5.58. The maximum absolute atomic E-state index is 11.4. The molecule has 1 aliphatic carbocycles. The Labute approximate surface area is 92.7 Å². The molecule has 1 unspecified atom stereocenters. The number of carbonyl (C=O) groups is 1. The van der Waals surface area contributed by atoms with E-state index in [2.05, 4.69) is 27.4 Å². The van der Waals surface area contributed by atoms with Gasteiger partial charge in [-0.3, -0.25) is 4.79 Å². The predicted molar refractivity (Wildman–Crippen MR) is 61.5 cm³/mol. The molecule has 0 saturated heterocycles. The fourth-order valence-corrected chi connectivity index (χ4v) is 2.63. The number of allylic oxidation sites excluding steroid dienone is 1. The summed E-state index contributed by atoms with van der Waals surface area (Å²) in [5.74, 6) is -0.128. The molecule has 0 N–H and O–H groups in total. The lowest BCUT2D eigenvalue weighted by molar-refractivity contribution is -0.143. The zero-order valence-corrected chi connectivity index (χ0v) is 10.4. The number of methoxy groups -OCH3 is 1. The lowest BCUT2D eigenvalue weighted by Gasteiger charge is -2.45. The number of ether oxygens (including phenoxy) is 1. The molecule has 0 aromatic rings. The van der Waals surface area contributed by atoms with Gasteiger partial charge in [-0.15, -0.1) is 0 Å². The number of hydrogen-bond acceptors (Lipinski definition) is 2. The third kappa shape index (κ3) is 2.42. The minimum absolute atomic E-state index is 0.0746.